The molecule has 1 saturated carbocycles. The maximum atomic E-state index is 9.27. The van der Waals surface area contributed by atoms with E-state index < -0.39 is 30.5 Å². The van der Waals surface area contributed by atoms with Crippen molar-refractivity contribution in [1.82, 2.24) is 0 Å². The van der Waals surface area contributed by atoms with E-state index in [9.17, 15) is 25.5 Å². The molecule has 0 heterocycles. The minimum Gasteiger partial charge on any atom is -0.390 e. The predicted octanol–water partition coefficient (Wildman–Crippen LogP) is -2.03. The highest BCUT2D eigenvalue weighted by Crippen LogP contribution is 2.19. The number of aliphatic hydroxyl groups excluding tert-OH is 5. The second-order valence-corrected chi connectivity index (χ2v) is 3.54. The van der Waals surface area contributed by atoms with E-state index in [1.165, 1.54) is 0 Å². The molecule has 0 aromatic carbocycles. The van der Waals surface area contributed by atoms with Crippen LogP contribution >= 0.6 is 0 Å². The Kier molecular flexibility index (Phi) is 3.63. The molecule has 1 fully saturated rings. The Morgan fingerprint density at radius 3 is 1.38 bits per heavy atom. The van der Waals surface area contributed by atoms with Gasteiger partial charge in [0.2, 0.25) is 0 Å². The maximum absolute atomic E-state index is 9.27. The molecule has 5 N–H and O–H groups in total. The lowest BCUT2D eigenvalue weighted by Gasteiger charge is -2.31. The molecule has 0 amide bonds. The topological polar surface area (TPSA) is 101 Å². The van der Waals surface area contributed by atoms with Crippen LogP contribution in [0.25, 0.3) is 0 Å². The van der Waals surface area contributed by atoms with Crippen molar-refractivity contribution in [2.24, 2.45) is 0 Å². The Labute approximate surface area is 76.3 Å². The molecule has 1 aliphatic carbocycles. The van der Waals surface area contributed by atoms with Gasteiger partial charge in [-0.05, 0) is 19.3 Å². The van der Waals surface area contributed by atoms with Gasteiger partial charge in [-0.25, -0.2) is 0 Å². The van der Waals surface area contributed by atoms with Gasteiger partial charge >= 0.3 is 0 Å². The second kappa shape index (κ2) is 4.34. The molecule has 0 saturated heterocycles. The minimum absolute atomic E-state index is 0.321. The van der Waals surface area contributed by atoms with Crippen molar-refractivity contribution >= 4 is 0 Å². The molecule has 0 aromatic heterocycles. The van der Waals surface area contributed by atoms with Crippen molar-refractivity contribution in [3.8, 4) is 0 Å². The average Bonchev–Trinajstić information content (AvgIpc) is 2.12. The van der Waals surface area contributed by atoms with E-state index >= 15 is 0 Å². The minimum atomic E-state index is -1.48. The van der Waals surface area contributed by atoms with Crippen LogP contribution in [-0.2, 0) is 0 Å². The van der Waals surface area contributed by atoms with Gasteiger partial charge in [0.1, 0.15) is 18.3 Å². The zero-order chi connectivity index (χ0) is 10.0. The van der Waals surface area contributed by atoms with E-state index in [0.29, 0.717) is 19.3 Å². The number of hydrogen-bond acceptors (Lipinski definition) is 5. The predicted molar refractivity (Wildman–Crippen MR) is 43.9 cm³/mol. The third-order valence-electron chi connectivity index (χ3n) is 2.49. The molecule has 0 radical (unpaired) electrons. The third kappa shape index (κ3) is 2.38. The summed E-state index contributed by atoms with van der Waals surface area (Å²) in [5.41, 5.74) is 0. The normalized spacial score (nSPS) is 48.2. The molecule has 1 aliphatic rings. The van der Waals surface area contributed by atoms with E-state index in [2.05, 4.69) is 0 Å². The van der Waals surface area contributed by atoms with Crippen LogP contribution in [0.3, 0.4) is 0 Å². The SMILES string of the molecule is OC1CCCC(O)C(O)C(O)C1O. The molecular weight excluding hydrogens is 176 g/mol. The van der Waals surface area contributed by atoms with Gasteiger partial charge in [0.05, 0.1) is 12.2 Å². The van der Waals surface area contributed by atoms with Crippen LogP contribution in [0.2, 0.25) is 0 Å². The van der Waals surface area contributed by atoms with Gasteiger partial charge in [0.15, 0.2) is 0 Å². The van der Waals surface area contributed by atoms with E-state index in [4.69, 9.17) is 0 Å². The van der Waals surface area contributed by atoms with E-state index in [1.54, 1.807) is 0 Å². The van der Waals surface area contributed by atoms with Crippen LogP contribution < -0.4 is 0 Å². The van der Waals surface area contributed by atoms with Crippen LogP contribution in [0.4, 0.5) is 0 Å². The Bertz CT molecular complexity index is 147. The van der Waals surface area contributed by atoms with Crippen molar-refractivity contribution in [2.75, 3.05) is 0 Å². The molecule has 4 unspecified atom stereocenters. The zero-order valence-electron chi connectivity index (χ0n) is 7.24. The summed E-state index contributed by atoms with van der Waals surface area (Å²) in [6.45, 7) is 0. The fraction of sp³-hybridized carbons (Fsp3) is 1.00. The molecule has 78 valence electrons. The molecule has 0 spiro atoms. The van der Waals surface area contributed by atoms with Gasteiger partial charge in [0, 0.05) is 0 Å². The first-order chi connectivity index (χ1) is 6.04. The summed E-state index contributed by atoms with van der Waals surface area (Å²) in [5, 5.41) is 46.3. The standard InChI is InChI=1S/C8H16O5/c9-4-2-1-3-5(10)7(12)8(13)6(4)11/h4-13H,1-3H2. The summed E-state index contributed by atoms with van der Waals surface area (Å²) < 4.78 is 0. The highest BCUT2D eigenvalue weighted by Gasteiger charge is 2.35. The Balaban J connectivity index is 2.65. The highest BCUT2D eigenvalue weighted by molar-refractivity contribution is 4.87. The van der Waals surface area contributed by atoms with Gasteiger partial charge in [-0.2, -0.15) is 0 Å². The Morgan fingerprint density at radius 2 is 1.00 bits per heavy atom. The molecule has 0 aromatic rings. The van der Waals surface area contributed by atoms with E-state index in [0.717, 1.165) is 0 Å². The Hall–Kier alpha value is -0.200. The first kappa shape index (κ1) is 10.9. The van der Waals surface area contributed by atoms with Gasteiger partial charge in [-0.3, -0.25) is 0 Å². The fourth-order valence-corrected chi connectivity index (χ4v) is 1.53. The van der Waals surface area contributed by atoms with Crippen molar-refractivity contribution < 1.29 is 25.5 Å². The number of aliphatic hydroxyl groups is 5. The molecular formula is C8H16O5. The zero-order valence-corrected chi connectivity index (χ0v) is 7.24. The van der Waals surface area contributed by atoms with E-state index in [-0.39, 0.29) is 0 Å². The lowest BCUT2D eigenvalue weighted by molar-refractivity contribution is -0.144. The van der Waals surface area contributed by atoms with Crippen LogP contribution in [0.1, 0.15) is 19.3 Å². The maximum Gasteiger partial charge on any atom is 0.111 e. The quantitative estimate of drug-likeness (QED) is 0.305. The first-order valence-corrected chi connectivity index (χ1v) is 4.44. The van der Waals surface area contributed by atoms with Crippen molar-refractivity contribution in [2.45, 2.75) is 49.8 Å². The van der Waals surface area contributed by atoms with Crippen molar-refractivity contribution in [1.29, 1.82) is 0 Å². The van der Waals surface area contributed by atoms with Crippen LogP contribution in [0.15, 0.2) is 0 Å². The largest absolute Gasteiger partial charge is 0.390 e. The second-order valence-electron chi connectivity index (χ2n) is 3.54. The summed E-state index contributed by atoms with van der Waals surface area (Å²) in [5.74, 6) is 0. The summed E-state index contributed by atoms with van der Waals surface area (Å²) in [4.78, 5) is 0. The average molecular weight is 192 g/mol. The number of hydrogen-bond donors (Lipinski definition) is 5. The van der Waals surface area contributed by atoms with Crippen molar-refractivity contribution in [3.05, 3.63) is 0 Å². The van der Waals surface area contributed by atoms with Gasteiger partial charge < -0.3 is 25.5 Å². The summed E-state index contributed by atoms with van der Waals surface area (Å²) >= 11 is 0. The molecule has 1 rings (SSSR count). The van der Waals surface area contributed by atoms with Crippen LogP contribution in [-0.4, -0.2) is 56.1 Å². The van der Waals surface area contributed by atoms with Gasteiger partial charge in [-0.15, -0.1) is 0 Å². The molecule has 5 nitrogen and oxygen atoms in total. The molecule has 4 atom stereocenters. The van der Waals surface area contributed by atoms with Crippen LogP contribution in [0.5, 0.6) is 0 Å². The lowest BCUT2D eigenvalue weighted by Crippen LogP contribution is -2.50. The monoisotopic (exact) mass is 192 g/mol. The summed E-state index contributed by atoms with van der Waals surface area (Å²) in [7, 11) is 0. The lowest BCUT2D eigenvalue weighted by atomic mass is 9.90. The smallest absolute Gasteiger partial charge is 0.111 e. The molecule has 0 bridgehead atoms. The third-order valence-corrected chi connectivity index (χ3v) is 2.49. The van der Waals surface area contributed by atoms with Gasteiger partial charge in [-0.1, -0.05) is 0 Å². The Morgan fingerprint density at radius 1 is 0.615 bits per heavy atom. The summed E-state index contributed by atoms with van der Waals surface area (Å²) in [6.07, 6.45) is -5.15. The number of rotatable bonds is 0. The summed E-state index contributed by atoms with van der Waals surface area (Å²) in [6, 6.07) is 0. The molecule has 5 heteroatoms. The van der Waals surface area contributed by atoms with Crippen LogP contribution in [0, 0.1) is 0 Å². The molecule has 0 aliphatic heterocycles. The molecule has 13 heavy (non-hydrogen) atoms. The van der Waals surface area contributed by atoms with E-state index in [1.807, 2.05) is 0 Å². The first-order valence-electron chi connectivity index (χ1n) is 4.44. The van der Waals surface area contributed by atoms with Crippen molar-refractivity contribution in [3.63, 3.8) is 0 Å². The highest BCUT2D eigenvalue weighted by atomic mass is 16.4. The fourth-order valence-electron chi connectivity index (χ4n) is 1.53. The van der Waals surface area contributed by atoms with Gasteiger partial charge in [0.25, 0.3) is 0 Å².